The van der Waals surface area contributed by atoms with Gasteiger partial charge in [0.05, 0.1) is 0 Å². The fraction of sp³-hybridized carbons (Fsp3) is 0. The molecule has 0 fully saturated rings. The van der Waals surface area contributed by atoms with Crippen molar-refractivity contribution in [2.45, 2.75) is 0 Å². The predicted octanol–water partition coefficient (Wildman–Crippen LogP) is -12.5. The van der Waals surface area contributed by atoms with E-state index < -0.39 is 10.4 Å². The first kappa shape index (κ1) is 176. The van der Waals surface area contributed by atoms with E-state index in [4.69, 9.17) is 17.5 Å². The monoisotopic (exact) mass is 357 g/mol. The standard InChI is InChI=1S/Ca.ClH.Mg.H2O4S.9H2O/c;;;1-5(2,3)4;;;;;;;;;/h;1H;;(H2,1,2,3,4);9*1H2/q+2;;+2;;;;;;;;;;/p-3. The van der Waals surface area contributed by atoms with E-state index in [9.17, 15) is 0 Å². The summed E-state index contributed by atoms with van der Waals surface area (Å²) in [5, 5.41) is 0. The fourth-order valence-corrected chi connectivity index (χ4v) is 0. The van der Waals surface area contributed by atoms with Crippen LogP contribution >= 0.6 is 0 Å². The molecule has 0 rings (SSSR count). The zero-order valence-electron chi connectivity index (χ0n) is 8.33. The third kappa shape index (κ3) is 1340. The number of rotatable bonds is 0. The summed E-state index contributed by atoms with van der Waals surface area (Å²) in [6, 6.07) is 0. The third-order valence-corrected chi connectivity index (χ3v) is 0. The molecule has 17 heteroatoms. The van der Waals surface area contributed by atoms with Crippen LogP contribution in [0.2, 0.25) is 0 Å². The molecular weight excluding hydrogens is 340 g/mol. The smallest absolute Gasteiger partial charge is 1.00 e. The normalized spacial score (nSPS) is 3.41. The van der Waals surface area contributed by atoms with Gasteiger partial charge in [-0.3, -0.25) is 8.42 Å². The summed E-state index contributed by atoms with van der Waals surface area (Å²) in [6.07, 6.45) is 0. The van der Waals surface area contributed by atoms with Crippen LogP contribution in [0.4, 0.5) is 0 Å². The van der Waals surface area contributed by atoms with Crippen molar-refractivity contribution in [3.63, 3.8) is 0 Å². The number of hydrogen-bond donors (Lipinski definition) is 0. The van der Waals surface area contributed by atoms with Crippen LogP contribution in [-0.2, 0) is 10.4 Å². The fourth-order valence-electron chi connectivity index (χ4n) is 0. The molecule has 0 aliphatic carbocycles. The molecule has 0 unspecified atom stereocenters. The van der Waals surface area contributed by atoms with Crippen molar-refractivity contribution in [2.24, 2.45) is 0 Å². The molecule has 0 aliphatic heterocycles. The van der Waals surface area contributed by atoms with E-state index in [1.165, 1.54) is 0 Å². The van der Waals surface area contributed by atoms with E-state index in [0.29, 0.717) is 0 Å². The van der Waals surface area contributed by atoms with Crippen molar-refractivity contribution < 1.29 is 79.2 Å². The van der Waals surface area contributed by atoms with Gasteiger partial charge in [0.2, 0.25) is 0 Å². The Kier molecular flexibility index (Phi) is 854. The Hall–Kier alpha value is 1.83. The largest absolute Gasteiger partial charge is 2.00 e. The zero-order valence-corrected chi connectivity index (χ0v) is 13.5. The van der Waals surface area contributed by atoms with Crippen molar-refractivity contribution in [3.8, 4) is 0 Å². The summed E-state index contributed by atoms with van der Waals surface area (Å²) < 4.78 is 34.1. The average molecular weight is 358 g/mol. The van der Waals surface area contributed by atoms with E-state index >= 15 is 0 Å². The quantitative estimate of drug-likeness (QED) is 0.231. The van der Waals surface area contributed by atoms with Crippen molar-refractivity contribution in [3.05, 3.63) is 0 Å². The minimum absolute atomic E-state index is 0. The first-order valence-corrected chi connectivity index (χ1v) is 2.00. The summed E-state index contributed by atoms with van der Waals surface area (Å²) in [6.45, 7) is 0. The molecule has 13 nitrogen and oxygen atoms in total. The van der Waals surface area contributed by atoms with Crippen LogP contribution < -0.4 is 12.4 Å². The Bertz CT molecular complexity index is 105. The summed E-state index contributed by atoms with van der Waals surface area (Å²) in [5.74, 6) is 0. The molecule has 18 N–H and O–H groups in total. The van der Waals surface area contributed by atoms with Gasteiger partial charge in [-0.25, -0.2) is 0 Å². The second-order valence-corrected chi connectivity index (χ2v) is 1.22. The van der Waals surface area contributed by atoms with Crippen molar-refractivity contribution >= 4 is 71.2 Å². The van der Waals surface area contributed by atoms with Gasteiger partial charge in [-0.1, -0.05) is 0 Å². The summed E-state index contributed by atoms with van der Waals surface area (Å²) in [7, 11) is -5.17. The van der Waals surface area contributed by atoms with Gasteiger partial charge >= 0.3 is 60.8 Å². The molecule has 0 atom stereocenters. The van der Waals surface area contributed by atoms with Crippen molar-refractivity contribution in [1.29, 1.82) is 0 Å². The first-order valence-electron chi connectivity index (χ1n) is 0.667. The maximum absolute atomic E-state index is 8.52. The Balaban J connectivity index is -0.00000000121. The molecule has 0 saturated heterocycles. The summed E-state index contributed by atoms with van der Waals surface area (Å²) in [5.41, 5.74) is 0. The van der Waals surface area contributed by atoms with Gasteiger partial charge in [0, 0.05) is 10.4 Å². The second-order valence-electron chi connectivity index (χ2n) is 0.408. The van der Waals surface area contributed by atoms with Crippen LogP contribution in [0.5, 0.6) is 0 Å². The molecule has 0 aliphatic rings. The molecule has 0 saturated carbocycles. The second kappa shape index (κ2) is 82.4. The van der Waals surface area contributed by atoms with Gasteiger partial charge in [0.1, 0.15) is 0 Å². The third-order valence-electron chi connectivity index (χ3n) is 0. The molecule has 0 aromatic heterocycles. The predicted molar refractivity (Wildman–Crippen MR) is 54.5 cm³/mol. The van der Waals surface area contributed by atoms with E-state index in [1.807, 2.05) is 0 Å². The molecule has 17 heavy (non-hydrogen) atoms. The van der Waals surface area contributed by atoms with Gasteiger partial charge in [-0.05, 0) is 0 Å². The van der Waals surface area contributed by atoms with Crippen LogP contribution in [0.15, 0.2) is 0 Å². The molecule has 0 aromatic rings. The van der Waals surface area contributed by atoms with E-state index in [2.05, 4.69) is 0 Å². The molecule has 0 radical (unpaired) electrons. The molecule has 0 amide bonds. The van der Waals surface area contributed by atoms with Crippen LogP contribution in [0.25, 0.3) is 0 Å². The molecule has 0 aromatic carbocycles. The SMILES string of the molecule is O.O.O.O.O.O.O.O.O.O=S(=O)([O-])[O-].[Ca+2].[Cl-].[Mg+2]. The van der Waals surface area contributed by atoms with Crippen molar-refractivity contribution in [2.75, 3.05) is 0 Å². The van der Waals surface area contributed by atoms with E-state index in [1.54, 1.807) is 0 Å². The topological polar surface area (TPSA) is 364 Å². The van der Waals surface area contributed by atoms with Crippen LogP contribution in [0.1, 0.15) is 0 Å². The summed E-state index contributed by atoms with van der Waals surface area (Å²) in [4.78, 5) is 0. The number of halogens is 1. The van der Waals surface area contributed by atoms with Gasteiger partial charge in [-0.15, -0.1) is 0 Å². The van der Waals surface area contributed by atoms with E-state index in [-0.39, 0.29) is 122 Å². The zero-order chi connectivity index (χ0) is 4.50. The van der Waals surface area contributed by atoms with Crippen LogP contribution in [0.3, 0.4) is 0 Å². The molecule has 112 valence electrons. The minimum atomic E-state index is -5.17. The maximum atomic E-state index is 8.52. The average Bonchev–Trinajstić information content (AvgIpc) is 0.722. The molecule has 0 spiro atoms. The Morgan fingerprint density at radius 1 is 0.588 bits per heavy atom. The van der Waals surface area contributed by atoms with Gasteiger partial charge in [0.25, 0.3) is 0 Å². The maximum Gasteiger partial charge on any atom is 2.00 e. The Morgan fingerprint density at radius 3 is 0.588 bits per heavy atom. The molecule has 0 heterocycles. The summed E-state index contributed by atoms with van der Waals surface area (Å²) >= 11 is 0. The van der Waals surface area contributed by atoms with E-state index in [0.717, 1.165) is 0 Å². The first-order chi connectivity index (χ1) is 2.00. The minimum Gasteiger partial charge on any atom is -1.00 e. The van der Waals surface area contributed by atoms with Crippen LogP contribution in [-0.4, -0.2) is 128 Å². The van der Waals surface area contributed by atoms with Gasteiger partial charge < -0.3 is 70.8 Å². The molecular formula is H18CaClMgO13S+. The Morgan fingerprint density at radius 2 is 0.588 bits per heavy atom. The Labute approximate surface area is 149 Å². The molecule has 0 bridgehead atoms. The van der Waals surface area contributed by atoms with Crippen LogP contribution in [0, 0.1) is 0 Å². The van der Waals surface area contributed by atoms with Crippen molar-refractivity contribution in [1.82, 2.24) is 0 Å². The van der Waals surface area contributed by atoms with Gasteiger partial charge in [0.15, 0.2) is 0 Å². The van der Waals surface area contributed by atoms with Gasteiger partial charge in [-0.2, -0.15) is 0 Å². The number of hydrogen-bond acceptors (Lipinski definition) is 4.